The molecule has 7 nitrogen and oxygen atoms in total. The maximum absolute atomic E-state index is 12.4. The van der Waals surface area contributed by atoms with Crippen LogP contribution in [-0.4, -0.2) is 27.7 Å². The molecule has 1 atom stereocenters. The highest BCUT2D eigenvalue weighted by Gasteiger charge is 2.29. The number of benzene rings is 2. The topological polar surface area (TPSA) is 85.3 Å². The molecular formula is C21H20N4O3. The zero-order valence-corrected chi connectivity index (χ0v) is 15.4. The van der Waals surface area contributed by atoms with Crippen LogP contribution in [0.4, 0.5) is 11.4 Å². The fourth-order valence-corrected chi connectivity index (χ4v) is 3.08. The first-order valence-corrected chi connectivity index (χ1v) is 9.02. The van der Waals surface area contributed by atoms with Crippen molar-refractivity contribution < 1.29 is 14.3 Å². The monoisotopic (exact) mass is 376 g/mol. The van der Waals surface area contributed by atoms with Gasteiger partial charge in [-0.15, -0.1) is 0 Å². The summed E-state index contributed by atoms with van der Waals surface area (Å²) in [6.07, 6.45) is 2.41. The number of rotatable bonds is 5. The lowest BCUT2D eigenvalue weighted by molar-refractivity contribution is -0.128. The molecular weight excluding hydrogens is 356 g/mol. The summed E-state index contributed by atoms with van der Waals surface area (Å²) in [6.45, 7) is 2.67. The van der Waals surface area contributed by atoms with Gasteiger partial charge in [-0.05, 0) is 30.2 Å². The number of anilines is 2. The third kappa shape index (κ3) is 3.88. The second-order valence-corrected chi connectivity index (χ2v) is 6.70. The number of carbonyl (C=O) groups excluding carboxylic acids is 2. The van der Waals surface area contributed by atoms with E-state index in [-0.39, 0.29) is 18.2 Å². The molecule has 0 saturated heterocycles. The molecule has 7 heteroatoms. The summed E-state index contributed by atoms with van der Waals surface area (Å²) >= 11 is 0. The summed E-state index contributed by atoms with van der Waals surface area (Å²) in [5.74, 6) is -0.0787. The number of hydrogen-bond donors (Lipinski definition) is 2. The molecule has 1 aromatic heterocycles. The summed E-state index contributed by atoms with van der Waals surface area (Å²) < 4.78 is 7.42. The van der Waals surface area contributed by atoms with Crippen LogP contribution in [0.2, 0.25) is 0 Å². The van der Waals surface area contributed by atoms with E-state index in [1.165, 1.54) is 5.56 Å². The van der Waals surface area contributed by atoms with Gasteiger partial charge in [-0.2, -0.15) is 5.10 Å². The second-order valence-electron chi connectivity index (χ2n) is 6.70. The second kappa shape index (κ2) is 7.56. The Labute approximate surface area is 162 Å². The SMILES string of the molecule is Cc1ccccc1Cn1cc(NC(=O)CC2Oc3ccccc3NC2=O)cn1. The van der Waals surface area contributed by atoms with E-state index in [0.29, 0.717) is 23.7 Å². The minimum Gasteiger partial charge on any atom is -0.478 e. The fraction of sp³-hybridized carbons (Fsp3) is 0.190. The number of aryl methyl sites for hydroxylation is 1. The van der Waals surface area contributed by atoms with Gasteiger partial charge >= 0.3 is 0 Å². The average molecular weight is 376 g/mol. The zero-order valence-electron chi connectivity index (χ0n) is 15.4. The number of ether oxygens (including phenoxy) is 1. The summed E-state index contributed by atoms with van der Waals surface area (Å²) in [5, 5.41) is 9.82. The van der Waals surface area contributed by atoms with Gasteiger partial charge in [0.2, 0.25) is 5.91 Å². The van der Waals surface area contributed by atoms with E-state index in [2.05, 4.69) is 28.7 Å². The molecule has 0 fully saturated rings. The largest absolute Gasteiger partial charge is 0.478 e. The Bertz CT molecular complexity index is 1030. The van der Waals surface area contributed by atoms with Crippen LogP contribution in [0.1, 0.15) is 17.5 Å². The Balaban J connectivity index is 1.36. The number of aromatic nitrogens is 2. The molecule has 2 heterocycles. The number of nitrogens with one attached hydrogen (secondary N) is 2. The lowest BCUT2D eigenvalue weighted by Crippen LogP contribution is -2.39. The van der Waals surface area contributed by atoms with Crippen molar-refractivity contribution in [3.63, 3.8) is 0 Å². The number of fused-ring (bicyclic) bond motifs is 1. The van der Waals surface area contributed by atoms with Gasteiger partial charge in [0.05, 0.1) is 30.5 Å². The fourth-order valence-electron chi connectivity index (χ4n) is 3.08. The van der Waals surface area contributed by atoms with Crippen LogP contribution >= 0.6 is 0 Å². The highest BCUT2D eigenvalue weighted by atomic mass is 16.5. The molecule has 0 bridgehead atoms. The predicted molar refractivity (Wildman–Crippen MR) is 105 cm³/mol. The molecule has 142 valence electrons. The molecule has 0 aliphatic carbocycles. The van der Waals surface area contributed by atoms with Gasteiger partial charge in [0.25, 0.3) is 5.91 Å². The highest BCUT2D eigenvalue weighted by Crippen LogP contribution is 2.29. The Morgan fingerprint density at radius 2 is 2.00 bits per heavy atom. The van der Waals surface area contributed by atoms with Gasteiger partial charge in [0.15, 0.2) is 6.10 Å². The zero-order chi connectivity index (χ0) is 19.5. The first-order chi connectivity index (χ1) is 13.6. The third-order valence-corrected chi connectivity index (χ3v) is 4.59. The van der Waals surface area contributed by atoms with E-state index in [9.17, 15) is 9.59 Å². The van der Waals surface area contributed by atoms with Crippen molar-refractivity contribution in [3.8, 4) is 5.75 Å². The van der Waals surface area contributed by atoms with E-state index in [1.54, 1.807) is 29.2 Å². The molecule has 1 aliphatic heterocycles. The quantitative estimate of drug-likeness (QED) is 0.717. The van der Waals surface area contributed by atoms with Crippen LogP contribution in [0.3, 0.4) is 0 Å². The van der Waals surface area contributed by atoms with Gasteiger partial charge in [0.1, 0.15) is 5.75 Å². The molecule has 1 aliphatic rings. The minimum absolute atomic E-state index is 0.0802. The van der Waals surface area contributed by atoms with Crippen LogP contribution in [0.15, 0.2) is 60.9 Å². The Kier molecular flexibility index (Phi) is 4.80. The highest BCUT2D eigenvalue weighted by molar-refractivity contribution is 6.01. The van der Waals surface area contributed by atoms with E-state index in [1.807, 2.05) is 30.3 Å². The van der Waals surface area contributed by atoms with Gasteiger partial charge in [-0.1, -0.05) is 36.4 Å². The van der Waals surface area contributed by atoms with Crippen molar-refractivity contribution in [2.24, 2.45) is 0 Å². The standard InChI is InChI=1S/C21H20N4O3/c1-14-6-2-3-7-15(14)12-25-13-16(11-22-25)23-20(26)10-19-21(27)24-17-8-4-5-9-18(17)28-19/h2-9,11,13,19H,10,12H2,1H3,(H,23,26)(H,24,27). The van der Waals surface area contributed by atoms with Crippen LogP contribution in [-0.2, 0) is 16.1 Å². The Morgan fingerprint density at radius 1 is 1.21 bits per heavy atom. The molecule has 28 heavy (non-hydrogen) atoms. The van der Waals surface area contributed by atoms with E-state index in [0.717, 1.165) is 5.56 Å². The first kappa shape index (κ1) is 17.8. The maximum Gasteiger partial charge on any atom is 0.266 e. The lowest BCUT2D eigenvalue weighted by atomic mass is 10.1. The molecule has 2 N–H and O–H groups in total. The van der Waals surface area contributed by atoms with Crippen LogP contribution in [0.5, 0.6) is 5.75 Å². The number of nitrogens with zero attached hydrogens (tertiary/aromatic N) is 2. The van der Waals surface area contributed by atoms with E-state index < -0.39 is 6.10 Å². The molecule has 3 aromatic rings. The smallest absolute Gasteiger partial charge is 0.266 e. The van der Waals surface area contributed by atoms with Crippen LogP contribution in [0, 0.1) is 6.92 Å². The number of amides is 2. The predicted octanol–water partition coefficient (Wildman–Crippen LogP) is 2.97. The van der Waals surface area contributed by atoms with E-state index >= 15 is 0 Å². The number of hydrogen-bond acceptors (Lipinski definition) is 4. The molecule has 1 unspecified atom stereocenters. The summed E-state index contributed by atoms with van der Waals surface area (Å²) in [4.78, 5) is 24.5. The first-order valence-electron chi connectivity index (χ1n) is 9.02. The normalized spacial score (nSPS) is 15.3. The number of carbonyl (C=O) groups is 2. The molecule has 2 aromatic carbocycles. The minimum atomic E-state index is -0.864. The number of para-hydroxylation sites is 2. The van der Waals surface area contributed by atoms with Crippen molar-refractivity contribution >= 4 is 23.2 Å². The summed E-state index contributed by atoms with van der Waals surface area (Å²) in [5.41, 5.74) is 3.54. The third-order valence-electron chi connectivity index (χ3n) is 4.59. The van der Waals surface area contributed by atoms with Gasteiger partial charge in [-0.25, -0.2) is 0 Å². The molecule has 2 amide bonds. The Hall–Kier alpha value is -3.61. The molecule has 4 rings (SSSR count). The van der Waals surface area contributed by atoms with E-state index in [4.69, 9.17) is 4.74 Å². The Morgan fingerprint density at radius 3 is 2.86 bits per heavy atom. The van der Waals surface area contributed by atoms with Crippen molar-refractivity contribution in [2.45, 2.75) is 26.0 Å². The maximum atomic E-state index is 12.4. The van der Waals surface area contributed by atoms with Crippen molar-refractivity contribution in [1.29, 1.82) is 0 Å². The summed E-state index contributed by atoms with van der Waals surface area (Å²) in [6, 6.07) is 15.2. The van der Waals surface area contributed by atoms with Crippen molar-refractivity contribution in [2.75, 3.05) is 10.6 Å². The molecule has 0 spiro atoms. The molecule has 0 saturated carbocycles. The lowest BCUT2D eigenvalue weighted by Gasteiger charge is -2.25. The van der Waals surface area contributed by atoms with Crippen molar-refractivity contribution in [3.05, 3.63) is 72.1 Å². The van der Waals surface area contributed by atoms with Crippen molar-refractivity contribution in [1.82, 2.24) is 9.78 Å². The van der Waals surface area contributed by atoms with Gasteiger partial charge < -0.3 is 15.4 Å². The molecule has 0 radical (unpaired) electrons. The average Bonchev–Trinajstić information content (AvgIpc) is 3.11. The van der Waals surface area contributed by atoms with Crippen LogP contribution < -0.4 is 15.4 Å². The van der Waals surface area contributed by atoms with Gasteiger partial charge in [-0.3, -0.25) is 14.3 Å². The summed E-state index contributed by atoms with van der Waals surface area (Å²) in [7, 11) is 0. The van der Waals surface area contributed by atoms with Gasteiger partial charge in [0, 0.05) is 6.20 Å². The van der Waals surface area contributed by atoms with Crippen LogP contribution in [0.25, 0.3) is 0 Å².